The average Bonchev–Trinajstić information content (AvgIpc) is 2.24. The van der Waals surface area contributed by atoms with E-state index in [1.807, 2.05) is 6.92 Å². The van der Waals surface area contributed by atoms with Gasteiger partial charge in [0.25, 0.3) is 0 Å². The lowest BCUT2D eigenvalue weighted by Gasteiger charge is -2.31. The van der Waals surface area contributed by atoms with Crippen molar-refractivity contribution in [2.45, 2.75) is 19.4 Å². The molecule has 92 valence electrons. The summed E-state index contributed by atoms with van der Waals surface area (Å²) in [5.74, 6) is -0.861. The molecule has 1 rings (SSSR count). The Balaban J connectivity index is 2.16. The highest BCUT2D eigenvalue weighted by atomic mass is 16.5. The van der Waals surface area contributed by atoms with Gasteiger partial charge in [-0.3, -0.25) is 9.59 Å². The van der Waals surface area contributed by atoms with Crippen LogP contribution in [0, 0.1) is 0 Å². The zero-order valence-corrected chi connectivity index (χ0v) is 9.44. The van der Waals surface area contributed by atoms with Crippen LogP contribution in [0.5, 0.6) is 0 Å². The molecule has 0 aromatic rings. The molecule has 0 aromatic heterocycles. The minimum Gasteiger partial charge on any atom is -0.481 e. The third-order valence-electron chi connectivity index (χ3n) is 2.39. The fourth-order valence-corrected chi connectivity index (χ4v) is 1.55. The number of carboxylic acid groups (broad SMARTS) is 1. The zero-order valence-electron chi connectivity index (χ0n) is 9.44. The molecule has 6 heteroatoms. The van der Waals surface area contributed by atoms with Crippen LogP contribution in [0.1, 0.15) is 13.3 Å². The Kier molecular flexibility index (Phi) is 5.21. The molecule has 16 heavy (non-hydrogen) atoms. The molecule has 1 amide bonds. The number of carbonyl (C=O) groups is 2. The Morgan fingerprint density at radius 1 is 1.56 bits per heavy atom. The van der Waals surface area contributed by atoms with Crippen molar-refractivity contribution in [1.82, 2.24) is 10.2 Å². The van der Waals surface area contributed by atoms with E-state index in [2.05, 4.69) is 5.32 Å². The lowest BCUT2D eigenvalue weighted by Crippen LogP contribution is -2.47. The van der Waals surface area contributed by atoms with E-state index in [1.54, 1.807) is 4.90 Å². The number of carboxylic acids is 1. The summed E-state index contributed by atoms with van der Waals surface area (Å²) >= 11 is 0. The van der Waals surface area contributed by atoms with Gasteiger partial charge in [0.2, 0.25) is 5.91 Å². The van der Waals surface area contributed by atoms with Gasteiger partial charge in [-0.25, -0.2) is 0 Å². The van der Waals surface area contributed by atoms with Gasteiger partial charge in [-0.15, -0.1) is 0 Å². The van der Waals surface area contributed by atoms with Gasteiger partial charge in [-0.1, -0.05) is 0 Å². The quantitative estimate of drug-likeness (QED) is 0.610. The van der Waals surface area contributed by atoms with Gasteiger partial charge in [-0.05, 0) is 6.92 Å². The summed E-state index contributed by atoms with van der Waals surface area (Å²) in [6, 6.07) is 0. The fraction of sp³-hybridized carbons (Fsp3) is 0.800. The van der Waals surface area contributed by atoms with E-state index in [0.717, 1.165) is 0 Å². The van der Waals surface area contributed by atoms with Crippen molar-refractivity contribution in [3.05, 3.63) is 0 Å². The Labute approximate surface area is 94.6 Å². The molecule has 6 nitrogen and oxygen atoms in total. The van der Waals surface area contributed by atoms with Crippen molar-refractivity contribution in [2.24, 2.45) is 0 Å². The summed E-state index contributed by atoms with van der Waals surface area (Å²) < 4.78 is 5.32. The minimum atomic E-state index is -0.861. The van der Waals surface area contributed by atoms with E-state index >= 15 is 0 Å². The Morgan fingerprint density at radius 2 is 2.31 bits per heavy atom. The average molecular weight is 230 g/mol. The number of ether oxygens (including phenoxy) is 1. The molecular formula is C10H18N2O4. The molecule has 2 N–H and O–H groups in total. The minimum absolute atomic E-state index is 0.000499. The predicted octanol–water partition coefficient (Wildman–Crippen LogP) is -0.702. The Morgan fingerprint density at radius 3 is 2.94 bits per heavy atom. The largest absolute Gasteiger partial charge is 0.481 e. The molecule has 1 saturated heterocycles. The van der Waals surface area contributed by atoms with E-state index < -0.39 is 5.97 Å². The Hall–Kier alpha value is -1.14. The monoisotopic (exact) mass is 230 g/mol. The molecule has 1 fully saturated rings. The predicted molar refractivity (Wildman–Crippen MR) is 57.1 cm³/mol. The van der Waals surface area contributed by atoms with Crippen LogP contribution in [-0.4, -0.2) is 60.8 Å². The molecule has 1 aliphatic heterocycles. The number of amides is 1. The number of nitrogens with zero attached hydrogens (tertiary/aromatic N) is 1. The zero-order chi connectivity index (χ0) is 12.0. The van der Waals surface area contributed by atoms with Gasteiger partial charge < -0.3 is 20.1 Å². The maximum atomic E-state index is 11.6. The maximum Gasteiger partial charge on any atom is 0.304 e. The van der Waals surface area contributed by atoms with Crippen LogP contribution in [0.15, 0.2) is 0 Å². The summed E-state index contributed by atoms with van der Waals surface area (Å²) in [5.41, 5.74) is 0. The molecule has 0 aromatic carbocycles. The lowest BCUT2D eigenvalue weighted by molar-refractivity contribution is -0.138. The van der Waals surface area contributed by atoms with Gasteiger partial charge in [0.1, 0.15) is 0 Å². The molecule has 0 spiro atoms. The summed E-state index contributed by atoms with van der Waals surface area (Å²) in [6.07, 6.45) is 0.115. The second-order valence-corrected chi connectivity index (χ2v) is 3.84. The second-order valence-electron chi connectivity index (χ2n) is 3.84. The van der Waals surface area contributed by atoms with Gasteiger partial charge >= 0.3 is 5.97 Å². The first-order chi connectivity index (χ1) is 7.59. The molecule has 1 aliphatic rings. The molecule has 0 saturated carbocycles. The van der Waals surface area contributed by atoms with Gasteiger partial charge in [-0.2, -0.15) is 0 Å². The maximum absolute atomic E-state index is 11.6. The van der Waals surface area contributed by atoms with Crippen molar-refractivity contribution in [3.8, 4) is 0 Å². The van der Waals surface area contributed by atoms with E-state index in [0.29, 0.717) is 26.2 Å². The van der Waals surface area contributed by atoms with E-state index in [1.165, 1.54) is 0 Å². The molecular weight excluding hydrogens is 212 g/mol. The lowest BCUT2D eigenvalue weighted by atomic mass is 10.3. The van der Waals surface area contributed by atoms with Crippen molar-refractivity contribution in [1.29, 1.82) is 0 Å². The molecule has 0 radical (unpaired) electrons. The van der Waals surface area contributed by atoms with Gasteiger partial charge in [0.15, 0.2) is 0 Å². The van der Waals surface area contributed by atoms with Crippen LogP contribution in [0.25, 0.3) is 0 Å². The molecule has 1 heterocycles. The first kappa shape index (κ1) is 12.9. The van der Waals surface area contributed by atoms with Crippen LogP contribution in [-0.2, 0) is 14.3 Å². The normalized spacial score (nSPS) is 20.8. The topological polar surface area (TPSA) is 78.9 Å². The number of hydrogen-bond acceptors (Lipinski definition) is 4. The first-order valence-electron chi connectivity index (χ1n) is 5.41. The van der Waals surface area contributed by atoms with E-state index in [4.69, 9.17) is 9.84 Å². The SMILES string of the molecule is CC1CN(C(=O)CNCCC(=O)O)CCO1. The highest BCUT2D eigenvalue weighted by Gasteiger charge is 2.20. The standard InChI is InChI=1S/C10H18N2O4/c1-8-7-12(4-5-16-8)9(13)6-11-3-2-10(14)15/h8,11H,2-7H2,1H3,(H,14,15). The van der Waals surface area contributed by atoms with Crippen molar-refractivity contribution >= 4 is 11.9 Å². The highest BCUT2D eigenvalue weighted by molar-refractivity contribution is 5.78. The van der Waals surface area contributed by atoms with Gasteiger partial charge in [0, 0.05) is 19.6 Å². The van der Waals surface area contributed by atoms with Crippen molar-refractivity contribution in [2.75, 3.05) is 32.8 Å². The van der Waals surface area contributed by atoms with E-state index in [9.17, 15) is 9.59 Å². The number of morpholine rings is 1. The van der Waals surface area contributed by atoms with Crippen molar-refractivity contribution in [3.63, 3.8) is 0 Å². The summed E-state index contributed by atoms with van der Waals surface area (Å²) in [5, 5.41) is 11.2. The van der Waals surface area contributed by atoms with Crippen molar-refractivity contribution < 1.29 is 19.4 Å². The van der Waals surface area contributed by atoms with Crippen LogP contribution in [0.2, 0.25) is 0 Å². The number of aliphatic carboxylic acids is 1. The third kappa shape index (κ3) is 4.59. The number of carbonyl (C=O) groups excluding carboxylic acids is 1. The molecule has 1 atom stereocenters. The second kappa shape index (κ2) is 6.44. The summed E-state index contributed by atoms with van der Waals surface area (Å²) in [6.45, 7) is 4.24. The van der Waals surface area contributed by atoms with Crippen LogP contribution in [0.4, 0.5) is 0 Å². The smallest absolute Gasteiger partial charge is 0.304 e. The summed E-state index contributed by atoms with van der Waals surface area (Å²) in [7, 11) is 0. The van der Waals surface area contributed by atoms with Gasteiger partial charge in [0.05, 0.1) is 25.7 Å². The fourth-order valence-electron chi connectivity index (χ4n) is 1.55. The molecule has 1 unspecified atom stereocenters. The molecule has 0 aliphatic carbocycles. The molecule has 0 bridgehead atoms. The third-order valence-corrected chi connectivity index (χ3v) is 2.39. The number of hydrogen-bond donors (Lipinski definition) is 2. The first-order valence-corrected chi connectivity index (χ1v) is 5.41. The highest BCUT2D eigenvalue weighted by Crippen LogP contribution is 2.03. The number of rotatable bonds is 5. The van der Waals surface area contributed by atoms with Crippen LogP contribution in [0.3, 0.4) is 0 Å². The number of nitrogens with one attached hydrogen (secondary N) is 1. The summed E-state index contributed by atoms with van der Waals surface area (Å²) in [4.78, 5) is 23.6. The van der Waals surface area contributed by atoms with E-state index in [-0.39, 0.29) is 25.0 Å². The van der Waals surface area contributed by atoms with Crippen LogP contribution < -0.4 is 5.32 Å². The van der Waals surface area contributed by atoms with Crippen LogP contribution >= 0.6 is 0 Å². The Bertz CT molecular complexity index is 257.